The van der Waals surface area contributed by atoms with Crippen molar-refractivity contribution in [1.82, 2.24) is 10.4 Å². The van der Waals surface area contributed by atoms with Gasteiger partial charge >= 0.3 is 0 Å². The van der Waals surface area contributed by atoms with Crippen molar-refractivity contribution in [2.45, 2.75) is 51.7 Å². The SMILES string of the molecule is CCc1ccc(CC(NN)C2CCOC2CC)nc1. The van der Waals surface area contributed by atoms with Crippen LogP contribution in [0.15, 0.2) is 18.3 Å². The average Bonchev–Trinajstić information content (AvgIpc) is 2.93. The molecule has 1 saturated heterocycles. The van der Waals surface area contributed by atoms with Gasteiger partial charge in [-0.1, -0.05) is 19.9 Å². The minimum absolute atomic E-state index is 0.243. The summed E-state index contributed by atoms with van der Waals surface area (Å²) in [5, 5.41) is 0. The second kappa shape index (κ2) is 6.98. The molecule has 2 heterocycles. The van der Waals surface area contributed by atoms with E-state index in [1.165, 1.54) is 5.56 Å². The summed E-state index contributed by atoms with van der Waals surface area (Å²) in [6.45, 7) is 5.16. The lowest BCUT2D eigenvalue weighted by Gasteiger charge is -2.26. The molecular formula is C15H25N3O. The summed E-state index contributed by atoms with van der Waals surface area (Å²) in [5.41, 5.74) is 5.34. The normalized spacial score (nSPS) is 24.6. The number of aryl methyl sites for hydroxylation is 1. The molecule has 0 radical (unpaired) electrons. The van der Waals surface area contributed by atoms with Gasteiger partial charge < -0.3 is 4.74 Å². The zero-order valence-electron chi connectivity index (χ0n) is 11.9. The average molecular weight is 263 g/mol. The number of hydrogen-bond acceptors (Lipinski definition) is 4. The van der Waals surface area contributed by atoms with Crippen LogP contribution in [-0.2, 0) is 17.6 Å². The Hall–Kier alpha value is -0.970. The van der Waals surface area contributed by atoms with Crippen LogP contribution in [0.25, 0.3) is 0 Å². The number of nitrogens with two attached hydrogens (primary N) is 1. The number of hydrogen-bond donors (Lipinski definition) is 2. The van der Waals surface area contributed by atoms with E-state index in [1.54, 1.807) is 0 Å². The van der Waals surface area contributed by atoms with Gasteiger partial charge in [-0.3, -0.25) is 16.3 Å². The van der Waals surface area contributed by atoms with Crippen molar-refractivity contribution in [2.75, 3.05) is 6.61 Å². The predicted octanol–water partition coefficient (Wildman–Crippen LogP) is 1.83. The molecule has 1 aliphatic heterocycles. The summed E-state index contributed by atoms with van der Waals surface area (Å²) in [4.78, 5) is 4.52. The standard InChI is InChI=1S/C15H25N3O/c1-3-11-5-6-12(17-10-11)9-14(18-16)13-7-8-19-15(13)4-2/h5-6,10,13-15,18H,3-4,7-9,16H2,1-2H3. The molecule has 1 fully saturated rings. The van der Waals surface area contributed by atoms with E-state index in [9.17, 15) is 0 Å². The Kier molecular flexibility index (Phi) is 5.31. The number of ether oxygens (including phenoxy) is 1. The molecule has 3 atom stereocenters. The third-order valence-corrected chi connectivity index (χ3v) is 4.12. The van der Waals surface area contributed by atoms with Crippen molar-refractivity contribution < 1.29 is 4.74 Å². The molecule has 19 heavy (non-hydrogen) atoms. The minimum atomic E-state index is 0.243. The predicted molar refractivity (Wildman–Crippen MR) is 76.6 cm³/mol. The topological polar surface area (TPSA) is 60.2 Å². The summed E-state index contributed by atoms with van der Waals surface area (Å²) >= 11 is 0. The van der Waals surface area contributed by atoms with E-state index in [-0.39, 0.29) is 6.04 Å². The van der Waals surface area contributed by atoms with Crippen LogP contribution in [-0.4, -0.2) is 23.7 Å². The second-order valence-corrected chi connectivity index (χ2v) is 5.26. The summed E-state index contributed by atoms with van der Waals surface area (Å²) in [6, 6.07) is 4.51. The molecule has 0 aliphatic carbocycles. The van der Waals surface area contributed by atoms with Crippen LogP contribution in [0.2, 0.25) is 0 Å². The van der Waals surface area contributed by atoms with E-state index in [0.717, 1.165) is 38.0 Å². The highest BCUT2D eigenvalue weighted by Gasteiger charge is 2.33. The van der Waals surface area contributed by atoms with E-state index >= 15 is 0 Å². The maximum absolute atomic E-state index is 5.76. The highest BCUT2D eigenvalue weighted by molar-refractivity contribution is 5.15. The third kappa shape index (κ3) is 3.53. The Bertz CT molecular complexity index is 379. The van der Waals surface area contributed by atoms with Crippen molar-refractivity contribution in [2.24, 2.45) is 11.8 Å². The second-order valence-electron chi connectivity index (χ2n) is 5.26. The summed E-state index contributed by atoms with van der Waals surface area (Å²) in [7, 11) is 0. The van der Waals surface area contributed by atoms with Gasteiger partial charge in [0, 0.05) is 36.9 Å². The zero-order valence-corrected chi connectivity index (χ0v) is 11.9. The number of pyridine rings is 1. The van der Waals surface area contributed by atoms with Crippen molar-refractivity contribution >= 4 is 0 Å². The summed E-state index contributed by atoms with van der Waals surface area (Å²) in [6.07, 6.45) is 6.32. The Morgan fingerprint density at radius 3 is 2.89 bits per heavy atom. The van der Waals surface area contributed by atoms with Gasteiger partial charge in [-0.15, -0.1) is 0 Å². The molecule has 1 aliphatic rings. The van der Waals surface area contributed by atoms with Gasteiger partial charge in [0.05, 0.1) is 6.10 Å². The van der Waals surface area contributed by atoms with Gasteiger partial charge in [0.2, 0.25) is 0 Å². The molecule has 2 rings (SSSR count). The summed E-state index contributed by atoms with van der Waals surface area (Å²) < 4.78 is 5.76. The molecule has 0 saturated carbocycles. The quantitative estimate of drug-likeness (QED) is 0.607. The Balaban J connectivity index is 2.01. The van der Waals surface area contributed by atoms with Gasteiger partial charge in [-0.25, -0.2) is 0 Å². The molecule has 1 aromatic heterocycles. The fourth-order valence-corrected chi connectivity index (χ4v) is 2.89. The lowest BCUT2D eigenvalue weighted by molar-refractivity contribution is 0.0773. The molecule has 3 N–H and O–H groups in total. The Morgan fingerprint density at radius 1 is 1.47 bits per heavy atom. The van der Waals surface area contributed by atoms with E-state index in [4.69, 9.17) is 10.6 Å². The van der Waals surface area contributed by atoms with Crippen LogP contribution in [0.3, 0.4) is 0 Å². The first kappa shape index (κ1) is 14.4. The van der Waals surface area contributed by atoms with Crippen LogP contribution in [0.5, 0.6) is 0 Å². The smallest absolute Gasteiger partial charge is 0.0617 e. The molecular weight excluding hydrogens is 238 g/mol. The van der Waals surface area contributed by atoms with Gasteiger partial charge in [0.15, 0.2) is 0 Å². The fraction of sp³-hybridized carbons (Fsp3) is 0.667. The monoisotopic (exact) mass is 263 g/mol. The highest BCUT2D eigenvalue weighted by atomic mass is 16.5. The molecule has 0 bridgehead atoms. The first-order chi connectivity index (χ1) is 9.28. The molecule has 0 spiro atoms. The first-order valence-corrected chi connectivity index (χ1v) is 7.30. The van der Waals surface area contributed by atoms with Crippen molar-refractivity contribution in [3.8, 4) is 0 Å². The zero-order chi connectivity index (χ0) is 13.7. The molecule has 3 unspecified atom stereocenters. The largest absolute Gasteiger partial charge is 0.378 e. The van der Waals surface area contributed by atoms with Crippen molar-refractivity contribution in [3.05, 3.63) is 29.6 Å². The highest BCUT2D eigenvalue weighted by Crippen LogP contribution is 2.27. The summed E-state index contributed by atoms with van der Waals surface area (Å²) in [5.74, 6) is 6.23. The fourth-order valence-electron chi connectivity index (χ4n) is 2.89. The van der Waals surface area contributed by atoms with E-state index in [1.807, 2.05) is 6.20 Å². The Labute approximate surface area is 115 Å². The van der Waals surface area contributed by atoms with Crippen LogP contribution < -0.4 is 11.3 Å². The molecule has 0 amide bonds. The number of rotatable bonds is 6. The number of hydrazine groups is 1. The molecule has 4 heteroatoms. The van der Waals surface area contributed by atoms with Gasteiger partial charge in [-0.2, -0.15) is 0 Å². The van der Waals surface area contributed by atoms with E-state index < -0.39 is 0 Å². The lowest BCUT2D eigenvalue weighted by Crippen LogP contribution is -2.45. The van der Waals surface area contributed by atoms with Crippen LogP contribution in [0, 0.1) is 5.92 Å². The maximum Gasteiger partial charge on any atom is 0.0617 e. The van der Waals surface area contributed by atoms with Gasteiger partial charge in [0.1, 0.15) is 0 Å². The number of nitrogens with zero attached hydrogens (tertiary/aromatic N) is 1. The van der Waals surface area contributed by atoms with Gasteiger partial charge in [0.25, 0.3) is 0 Å². The molecule has 106 valence electrons. The van der Waals surface area contributed by atoms with Crippen molar-refractivity contribution in [1.29, 1.82) is 0 Å². The number of aromatic nitrogens is 1. The maximum atomic E-state index is 5.76. The molecule has 4 nitrogen and oxygen atoms in total. The van der Waals surface area contributed by atoms with Crippen LogP contribution in [0.4, 0.5) is 0 Å². The van der Waals surface area contributed by atoms with Crippen molar-refractivity contribution in [3.63, 3.8) is 0 Å². The van der Waals surface area contributed by atoms with Crippen LogP contribution >= 0.6 is 0 Å². The number of nitrogens with one attached hydrogen (secondary N) is 1. The van der Waals surface area contributed by atoms with E-state index in [2.05, 4.69) is 36.4 Å². The Morgan fingerprint density at radius 2 is 2.32 bits per heavy atom. The molecule has 1 aromatic rings. The molecule has 0 aromatic carbocycles. The lowest BCUT2D eigenvalue weighted by atomic mass is 9.88. The van der Waals surface area contributed by atoms with Gasteiger partial charge in [-0.05, 0) is 30.9 Å². The van der Waals surface area contributed by atoms with Crippen LogP contribution in [0.1, 0.15) is 37.9 Å². The minimum Gasteiger partial charge on any atom is -0.378 e. The third-order valence-electron chi connectivity index (χ3n) is 4.12. The van der Waals surface area contributed by atoms with E-state index in [0.29, 0.717) is 12.0 Å². The first-order valence-electron chi connectivity index (χ1n) is 7.30.